The van der Waals surface area contributed by atoms with Crippen LogP contribution in [-0.2, 0) is 10.0 Å². The fourth-order valence-corrected chi connectivity index (χ4v) is 3.53. The summed E-state index contributed by atoms with van der Waals surface area (Å²) >= 11 is 0. The molecule has 7 heteroatoms. The average molecular weight is 327 g/mol. The molecule has 1 aromatic rings. The lowest BCUT2D eigenvalue weighted by Crippen LogP contribution is -2.42. The molecule has 1 N–H and O–H groups in total. The van der Waals surface area contributed by atoms with E-state index in [2.05, 4.69) is 14.7 Å². The Labute approximate surface area is 132 Å². The molecule has 0 amide bonds. The predicted octanol–water partition coefficient (Wildman–Crippen LogP) is 2.11. The van der Waals surface area contributed by atoms with Gasteiger partial charge in [-0.1, -0.05) is 0 Å². The molecule has 1 aromatic heterocycles. The van der Waals surface area contributed by atoms with Crippen molar-refractivity contribution >= 4 is 10.0 Å². The normalized spacial score (nSPS) is 22.8. The topological polar surface area (TPSA) is 81.2 Å². The summed E-state index contributed by atoms with van der Waals surface area (Å²) in [5.41, 5.74) is 1.78. The SMILES string of the molecule is Cc1cc(C)nc(OC2CCC(NS(=O)(=O)C(C)C)CC2)n1. The maximum atomic E-state index is 11.9. The van der Waals surface area contributed by atoms with E-state index >= 15 is 0 Å². The van der Waals surface area contributed by atoms with Crippen LogP contribution in [0.1, 0.15) is 50.9 Å². The van der Waals surface area contributed by atoms with Crippen molar-refractivity contribution in [1.29, 1.82) is 0 Å². The summed E-state index contributed by atoms with van der Waals surface area (Å²) in [6, 6.07) is 2.33. The summed E-state index contributed by atoms with van der Waals surface area (Å²) in [7, 11) is -3.20. The van der Waals surface area contributed by atoms with Crippen LogP contribution >= 0.6 is 0 Å². The third kappa shape index (κ3) is 4.64. The molecule has 0 aromatic carbocycles. The molecule has 6 nitrogen and oxygen atoms in total. The zero-order valence-corrected chi connectivity index (χ0v) is 14.5. The molecule has 0 spiro atoms. The van der Waals surface area contributed by atoms with Crippen LogP contribution in [0.25, 0.3) is 0 Å². The van der Waals surface area contributed by atoms with Gasteiger partial charge in [0.15, 0.2) is 0 Å². The first-order valence-electron chi connectivity index (χ1n) is 7.76. The van der Waals surface area contributed by atoms with Gasteiger partial charge in [0.05, 0.1) is 5.25 Å². The second-order valence-corrected chi connectivity index (χ2v) is 8.50. The van der Waals surface area contributed by atoms with Crippen molar-refractivity contribution in [2.24, 2.45) is 0 Å². The monoisotopic (exact) mass is 327 g/mol. The molecule has 0 saturated heterocycles. The molecular weight excluding hydrogens is 302 g/mol. The quantitative estimate of drug-likeness (QED) is 0.896. The first-order chi connectivity index (χ1) is 10.3. The molecule has 1 heterocycles. The van der Waals surface area contributed by atoms with E-state index in [4.69, 9.17) is 4.74 Å². The second-order valence-electron chi connectivity index (χ2n) is 6.24. The third-order valence-corrected chi connectivity index (χ3v) is 5.76. The molecule has 124 valence electrons. The number of sulfonamides is 1. The van der Waals surface area contributed by atoms with E-state index in [9.17, 15) is 8.42 Å². The van der Waals surface area contributed by atoms with Crippen LogP contribution in [0.4, 0.5) is 0 Å². The number of nitrogens with zero attached hydrogens (tertiary/aromatic N) is 2. The van der Waals surface area contributed by atoms with E-state index in [0.717, 1.165) is 37.1 Å². The highest BCUT2D eigenvalue weighted by Gasteiger charge is 2.27. The highest BCUT2D eigenvalue weighted by Crippen LogP contribution is 2.23. The summed E-state index contributed by atoms with van der Waals surface area (Å²) < 4.78 is 32.4. The molecule has 0 atom stereocenters. The van der Waals surface area contributed by atoms with Gasteiger partial charge in [-0.25, -0.2) is 23.1 Å². The summed E-state index contributed by atoms with van der Waals surface area (Å²) in [6.45, 7) is 7.21. The van der Waals surface area contributed by atoms with Crippen LogP contribution in [-0.4, -0.2) is 35.8 Å². The Hall–Kier alpha value is -1.21. The van der Waals surface area contributed by atoms with E-state index in [1.54, 1.807) is 13.8 Å². The first kappa shape index (κ1) is 17.1. The van der Waals surface area contributed by atoms with Crippen molar-refractivity contribution in [3.8, 4) is 6.01 Å². The highest BCUT2D eigenvalue weighted by molar-refractivity contribution is 7.90. The number of ether oxygens (including phenoxy) is 1. The van der Waals surface area contributed by atoms with E-state index in [0.29, 0.717) is 6.01 Å². The van der Waals surface area contributed by atoms with Crippen LogP contribution in [0.5, 0.6) is 6.01 Å². The van der Waals surface area contributed by atoms with Crippen LogP contribution in [0.15, 0.2) is 6.07 Å². The lowest BCUT2D eigenvalue weighted by atomic mass is 9.94. The molecule has 1 aliphatic carbocycles. The minimum absolute atomic E-state index is 0.00686. The molecule has 0 bridgehead atoms. The fraction of sp³-hybridized carbons (Fsp3) is 0.733. The zero-order chi connectivity index (χ0) is 16.3. The number of nitrogens with one attached hydrogen (secondary N) is 1. The number of rotatable bonds is 5. The summed E-state index contributed by atoms with van der Waals surface area (Å²) in [4.78, 5) is 8.57. The first-order valence-corrected chi connectivity index (χ1v) is 9.31. The third-order valence-electron chi connectivity index (χ3n) is 3.86. The number of hydrogen-bond donors (Lipinski definition) is 1. The van der Waals surface area contributed by atoms with Crippen molar-refractivity contribution in [3.63, 3.8) is 0 Å². The van der Waals surface area contributed by atoms with Crippen molar-refractivity contribution in [3.05, 3.63) is 17.5 Å². The van der Waals surface area contributed by atoms with Gasteiger partial charge in [-0.05, 0) is 59.4 Å². The predicted molar refractivity (Wildman–Crippen MR) is 85.4 cm³/mol. The summed E-state index contributed by atoms with van der Waals surface area (Å²) in [5, 5.41) is -0.398. The average Bonchev–Trinajstić information content (AvgIpc) is 2.39. The fourth-order valence-electron chi connectivity index (χ4n) is 2.56. The van der Waals surface area contributed by atoms with Gasteiger partial charge >= 0.3 is 6.01 Å². The van der Waals surface area contributed by atoms with Crippen molar-refractivity contribution in [2.45, 2.75) is 70.8 Å². The van der Waals surface area contributed by atoms with Crippen molar-refractivity contribution in [2.75, 3.05) is 0 Å². The number of aryl methyl sites for hydroxylation is 2. The van der Waals surface area contributed by atoms with E-state index in [1.165, 1.54) is 0 Å². The standard InChI is InChI=1S/C15H25N3O3S/c1-10(2)22(19,20)18-13-5-7-14(8-6-13)21-15-16-11(3)9-12(4)17-15/h9-10,13-14,18H,5-8H2,1-4H3. The molecule has 0 aliphatic heterocycles. The minimum Gasteiger partial charge on any atom is -0.460 e. The van der Waals surface area contributed by atoms with Crippen molar-refractivity contribution < 1.29 is 13.2 Å². The molecule has 0 unspecified atom stereocenters. The Morgan fingerprint density at radius 3 is 2.18 bits per heavy atom. The van der Waals surface area contributed by atoms with Crippen LogP contribution in [0.2, 0.25) is 0 Å². The summed E-state index contributed by atoms with van der Waals surface area (Å²) in [5.74, 6) is 0. The Morgan fingerprint density at radius 1 is 1.14 bits per heavy atom. The Balaban J connectivity index is 1.87. The van der Waals surface area contributed by atoms with Gasteiger partial charge in [-0.3, -0.25) is 0 Å². The molecule has 0 radical (unpaired) electrons. The summed E-state index contributed by atoms with van der Waals surface area (Å²) in [6.07, 6.45) is 3.23. The smallest absolute Gasteiger partial charge is 0.317 e. The van der Waals surface area contributed by atoms with Gasteiger partial charge in [-0.15, -0.1) is 0 Å². The maximum Gasteiger partial charge on any atom is 0.317 e. The lowest BCUT2D eigenvalue weighted by Gasteiger charge is -2.29. The molecule has 1 saturated carbocycles. The minimum atomic E-state index is -3.20. The Morgan fingerprint density at radius 2 is 1.68 bits per heavy atom. The largest absolute Gasteiger partial charge is 0.460 e. The molecule has 22 heavy (non-hydrogen) atoms. The van der Waals surface area contributed by atoms with Gasteiger partial charge in [0.2, 0.25) is 10.0 Å². The van der Waals surface area contributed by atoms with Crippen LogP contribution in [0, 0.1) is 13.8 Å². The van der Waals surface area contributed by atoms with Gasteiger partial charge < -0.3 is 4.74 Å². The molecule has 1 fully saturated rings. The Bertz CT molecular complexity index is 588. The zero-order valence-electron chi connectivity index (χ0n) is 13.7. The highest BCUT2D eigenvalue weighted by atomic mass is 32.2. The lowest BCUT2D eigenvalue weighted by molar-refractivity contribution is 0.131. The molecule has 2 rings (SSSR count). The van der Waals surface area contributed by atoms with E-state index in [-0.39, 0.29) is 12.1 Å². The second kappa shape index (κ2) is 6.91. The van der Waals surface area contributed by atoms with Gasteiger partial charge in [0.25, 0.3) is 0 Å². The molecular formula is C15H25N3O3S. The van der Waals surface area contributed by atoms with Gasteiger partial charge in [0, 0.05) is 17.4 Å². The van der Waals surface area contributed by atoms with Crippen molar-refractivity contribution in [1.82, 2.24) is 14.7 Å². The number of aromatic nitrogens is 2. The van der Waals surface area contributed by atoms with Gasteiger partial charge in [0.1, 0.15) is 6.10 Å². The maximum absolute atomic E-state index is 11.9. The van der Waals surface area contributed by atoms with E-state index < -0.39 is 15.3 Å². The van der Waals surface area contributed by atoms with Crippen LogP contribution in [0.3, 0.4) is 0 Å². The molecule has 1 aliphatic rings. The Kier molecular flexibility index (Phi) is 5.39. The number of hydrogen-bond acceptors (Lipinski definition) is 5. The van der Waals surface area contributed by atoms with E-state index in [1.807, 2.05) is 19.9 Å². The van der Waals surface area contributed by atoms with Gasteiger partial charge in [-0.2, -0.15) is 0 Å². The van der Waals surface area contributed by atoms with Crippen LogP contribution < -0.4 is 9.46 Å².